The van der Waals surface area contributed by atoms with Crippen LogP contribution in [0.3, 0.4) is 0 Å². The van der Waals surface area contributed by atoms with Crippen molar-refractivity contribution in [1.82, 2.24) is 14.9 Å². The molecule has 0 atom stereocenters. The monoisotopic (exact) mass is 357 g/mol. The topological polar surface area (TPSA) is 70.2 Å². The van der Waals surface area contributed by atoms with E-state index in [0.717, 1.165) is 29.1 Å². The van der Waals surface area contributed by atoms with Crippen molar-refractivity contribution >= 4 is 29.0 Å². The third-order valence-corrected chi connectivity index (χ3v) is 5.13. The number of aromatic nitrogens is 2. The van der Waals surface area contributed by atoms with Gasteiger partial charge in [-0.2, -0.15) is 16.3 Å². The van der Waals surface area contributed by atoms with Crippen molar-refractivity contribution in [3.63, 3.8) is 0 Å². The van der Waals surface area contributed by atoms with Crippen LogP contribution in [0.2, 0.25) is 0 Å². The fourth-order valence-corrected chi connectivity index (χ4v) is 3.65. The molecule has 6 nitrogen and oxygen atoms in total. The number of hydrogen-bond donors (Lipinski definition) is 2. The molecule has 0 bridgehead atoms. The maximum Gasteiger partial charge on any atom is 0.255 e. The van der Waals surface area contributed by atoms with Gasteiger partial charge in [0.25, 0.3) is 5.91 Å². The third-order valence-electron chi connectivity index (χ3n) is 4.45. The van der Waals surface area contributed by atoms with Gasteiger partial charge >= 0.3 is 0 Å². The van der Waals surface area contributed by atoms with Crippen LogP contribution in [-0.2, 0) is 13.0 Å². The summed E-state index contributed by atoms with van der Waals surface area (Å²) in [6.45, 7) is 5.43. The minimum absolute atomic E-state index is 0.0913. The van der Waals surface area contributed by atoms with E-state index in [2.05, 4.69) is 24.5 Å². The Hall–Kier alpha value is -2.15. The van der Waals surface area contributed by atoms with E-state index in [1.54, 1.807) is 11.3 Å². The molecule has 0 aromatic carbocycles. The molecule has 2 aromatic rings. The summed E-state index contributed by atoms with van der Waals surface area (Å²) < 4.78 is 0. The van der Waals surface area contributed by atoms with Gasteiger partial charge in [0.05, 0.1) is 17.8 Å². The molecule has 0 saturated heterocycles. The molecule has 1 saturated carbocycles. The van der Waals surface area contributed by atoms with Gasteiger partial charge in [0.15, 0.2) is 0 Å². The summed E-state index contributed by atoms with van der Waals surface area (Å²) in [5.74, 6) is 1.65. The Labute approximate surface area is 151 Å². The van der Waals surface area contributed by atoms with E-state index in [0.29, 0.717) is 25.1 Å². The highest BCUT2D eigenvalue weighted by molar-refractivity contribution is 7.08. The SMILES string of the molecule is CC(C)Nc1nc2c(c(NC3CC3)n1)CN(C(=O)c1ccsc1)CC2. The number of anilines is 2. The quantitative estimate of drug-likeness (QED) is 0.860. The van der Waals surface area contributed by atoms with Crippen molar-refractivity contribution in [2.75, 3.05) is 17.2 Å². The summed E-state index contributed by atoms with van der Waals surface area (Å²) in [4.78, 5) is 24.0. The zero-order chi connectivity index (χ0) is 17.4. The van der Waals surface area contributed by atoms with Crippen LogP contribution in [0.25, 0.3) is 0 Å². The first-order valence-corrected chi connectivity index (χ1v) is 9.79. The van der Waals surface area contributed by atoms with E-state index >= 15 is 0 Å². The second kappa shape index (κ2) is 6.63. The molecule has 1 aliphatic carbocycles. The molecule has 2 aliphatic rings. The summed E-state index contributed by atoms with van der Waals surface area (Å²) >= 11 is 1.55. The smallest absolute Gasteiger partial charge is 0.255 e. The van der Waals surface area contributed by atoms with Gasteiger partial charge in [0.2, 0.25) is 5.95 Å². The fourth-order valence-electron chi connectivity index (χ4n) is 3.02. The number of carbonyl (C=O) groups excluding carboxylic acids is 1. The minimum atomic E-state index is 0.0913. The molecule has 4 rings (SSSR count). The molecule has 2 aromatic heterocycles. The van der Waals surface area contributed by atoms with E-state index in [4.69, 9.17) is 9.97 Å². The second-order valence-corrected chi connectivity index (χ2v) is 7.81. The Bertz CT molecular complexity index is 770. The molecule has 1 aliphatic heterocycles. The van der Waals surface area contributed by atoms with Crippen LogP contribution < -0.4 is 10.6 Å². The number of hydrogen-bond acceptors (Lipinski definition) is 6. The fraction of sp³-hybridized carbons (Fsp3) is 0.500. The Balaban J connectivity index is 1.62. The molecule has 0 spiro atoms. The summed E-state index contributed by atoms with van der Waals surface area (Å²) in [7, 11) is 0. The van der Waals surface area contributed by atoms with Gasteiger partial charge in [-0.15, -0.1) is 0 Å². The highest BCUT2D eigenvalue weighted by Gasteiger charge is 2.29. The summed E-state index contributed by atoms with van der Waals surface area (Å²) in [5, 5.41) is 10.7. The largest absolute Gasteiger partial charge is 0.367 e. The molecule has 0 radical (unpaired) electrons. The molecule has 7 heteroatoms. The van der Waals surface area contributed by atoms with Crippen LogP contribution in [0.5, 0.6) is 0 Å². The van der Waals surface area contributed by atoms with Gasteiger partial charge in [-0.1, -0.05) is 0 Å². The number of rotatable bonds is 5. The first-order valence-electron chi connectivity index (χ1n) is 8.84. The molecular formula is C18H23N5OS. The lowest BCUT2D eigenvalue weighted by Crippen LogP contribution is -2.37. The van der Waals surface area contributed by atoms with Gasteiger partial charge in [0, 0.05) is 36.0 Å². The lowest BCUT2D eigenvalue weighted by molar-refractivity contribution is 0.0734. The summed E-state index contributed by atoms with van der Waals surface area (Å²) in [5.41, 5.74) is 2.89. The number of amides is 1. The van der Waals surface area contributed by atoms with Gasteiger partial charge in [-0.3, -0.25) is 4.79 Å². The standard InChI is InChI=1S/C18H23N5OS/c1-11(2)19-18-21-15-5-7-23(17(24)12-6-8-25-10-12)9-14(15)16(22-18)20-13-3-4-13/h6,8,10-11,13H,3-5,7,9H2,1-2H3,(H2,19,20,21,22). The molecule has 2 N–H and O–H groups in total. The van der Waals surface area contributed by atoms with Gasteiger partial charge in [-0.05, 0) is 38.1 Å². The maximum absolute atomic E-state index is 12.7. The molecule has 1 fully saturated rings. The van der Waals surface area contributed by atoms with Crippen molar-refractivity contribution in [3.05, 3.63) is 33.6 Å². The zero-order valence-corrected chi connectivity index (χ0v) is 15.4. The first-order chi connectivity index (χ1) is 12.1. The van der Waals surface area contributed by atoms with Crippen LogP contribution in [-0.4, -0.2) is 39.4 Å². The molecule has 132 valence electrons. The van der Waals surface area contributed by atoms with E-state index in [-0.39, 0.29) is 11.9 Å². The lowest BCUT2D eigenvalue weighted by atomic mass is 10.1. The number of thiophene rings is 1. The molecule has 3 heterocycles. The zero-order valence-electron chi connectivity index (χ0n) is 14.6. The predicted octanol–water partition coefficient (Wildman–Crippen LogP) is 3.13. The van der Waals surface area contributed by atoms with Gasteiger partial charge in [0.1, 0.15) is 5.82 Å². The second-order valence-electron chi connectivity index (χ2n) is 7.03. The van der Waals surface area contributed by atoms with E-state index in [1.165, 1.54) is 12.8 Å². The average Bonchev–Trinajstić information content (AvgIpc) is 3.23. The van der Waals surface area contributed by atoms with Gasteiger partial charge < -0.3 is 15.5 Å². The molecule has 0 unspecified atom stereocenters. The van der Waals surface area contributed by atoms with E-state index < -0.39 is 0 Å². The Morgan fingerprint density at radius 1 is 1.36 bits per heavy atom. The predicted molar refractivity (Wildman–Crippen MR) is 100 cm³/mol. The summed E-state index contributed by atoms with van der Waals surface area (Å²) in [6, 6.07) is 2.68. The Morgan fingerprint density at radius 3 is 2.88 bits per heavy atom. The van der Waals surface area contributed by atoms with Crippen LogP contribution in [0, 0.1) is 0 Å². The van der Waals surface area contributed by atoms with Crippen LogP contribution >= 0.6 is 11.3 Å². The van der Waals surface area contributed by atoms with Crippen LogP contribution in [0.4, 0.5) is 11.8 Å². The number of nitrogens with one attached hydrogen (secondary N) is 2. The molecule has 1 amide bonds. The normalized spacial score (nSPS) is 16.7. The number of fused-ring (bicyclic) bond motifs is 1. The number of nitrogens with zero attached hydrogens (tertiary/aromatic N) is 3. The highest BCUT2D eigenvalue weighted by atomic mass is 32.1. The number of carbonyl (C=O) groups is 1. The lowest BCUT2D eigenvalue weighted by Gasteiger charge is -2.30. The van der Waals surface area contributed by atoms with Crippen LogP contribution in [0.1, 0.15) is 48.3 Å². The maximum atomic E-state index is 12.7. The van der Waals surface area contributed by atoms with Gasteiger partial charge in [-0.25, -0.2) is 4.98 Å². The Kier molecular flexibility index (Phi) is 4.33. The van der Waals surface area contributed by atoms with Crippen molar-refractivity contribution < 1.29 is 4.79 Å². The van der Waals surface area contributed by atoms with Crippen molar-refractivity contribution in [3.8, 4) is 0 Å². The van der Waals surface area contributed by atoms with E-state index in [1.807, 2.05) is 21.7 Å². The molecular weight excluding hydrogens is 334 g/mol. The van der Waals surface area contributed by atoms with Crippen molar-refractivity contribution in [2.24, 2.45) is 0 Å². The van der Waals surface area contributed by atoms with Crippen LogP contribution in [0.15, 0.2) is 16.8 Å². The summed E-state index contributed by atoms with van der Waals surface area (Å²) in [6.07, 6.45) is 3.13. The average molecular weight is 357 g/mol. The minimum Gasteiger partial charge on any atom is -0.367 e. The Morgan fingerprint density at radius 2 is 2.20 bits per heavy atom. The molecule has 25 heavy (non-hydrogen) atoms. The van der Waals surface area contributed by atoms with Crippen molar-refractivity contribution in [2.45, 2.75) is 51.7 Å². The van der Waals surface area contributed by atoms with E-state index in [9.17, 15) is 4.79 Å². The third kappa shape index (κ3) is 3.61. The highest BCUT2D eigenvalue weighted by Crippen LogP contribution is 2.31. The van der Waals surface area contributed by atoms with Crippen molar-refractivity contribution in [1.29, 1.82) is 0 Å². The first kappa shape index (κ1) is 16.3.